The predicted octanol–water partition coefficient (Wildman–Crippen LogP) is 1.01. The van der Waals surface area contributed by atoms with Gasteiger partial charge in [-0.15, -0.1) is 0 Å². The number of carbonyl (C=O) groups excluding carboxylic acids is 1. The van der Waals surface area contributed by atoms with Crippen molar-refractivity contribution in [3.05, 3.63) is 34.9 Å². The molecule has 4 rings (SSSR count). The van der Waals surface area contributed by atoms with Gasteiger partial charge in [-0.2, -0.15) is 0 Å². The Morgan fingerprint density at radius 3 is 2.74 bits per heavy atom. The second-order valence-electron chi connectivity index (χ2n) is 8.13. The summed E-state index contributed by atoms with van der Waals surface area (Å²) < 4.78 is 5.86. The molecule has 0 radical (unpaired) electrons. The SMILES string of the molecule is Cc1ccc(CC(=O)N2CCNC3NCOC[C@H](N4CCCC4)[C@H]32)cc1C. The second kappa shape index (κ2) is 8.27. The van der Waals surface area contributed by atoms with E-state index in [1.165, 1.54) is 24.0 Å². The third kappa shape index (κ3) is 4.04. The highest BCUT2D eigenvalue weighted by molar-refractivity contribution is 5.79. The number of carbonyl (C=O) groups is 1. The van der Waals surface area contributed by atoms with Gasteiger partial charge >= 0.3 is 0 Å². The fraction of sp³-hybridized carbons (Fsp3) is 0.667. The van der Waals surface area contributed by atoms with E-state index < -0.39 is 0 Å². The summed E-state index contributed by atoms with van der Waals surface area (Å²) in [5.74, 6) is 0.225. The summed E-state index contributed by atoms with van der Waals surface area (Å²) in [7, 11) is 0. The number of benzene rings is 1. The lowest BCUT2D eigenvalue weighted by atomic mass is 9.98. The van der Waals surface area contributed by atoms with Crippen LogP contribution in [0.3, 0.4) is 0 Å². The maximum atomic E-state index is 13.3. The van der Waals surface area contributed by atoms with Gasteiger partial charge in [0.1, 0.15) is 0 Å². The first-order chi connectivity index (χ1) is 13.1. The lowest BCUT2D eigenvalue weighted by molar-refractivity contribution is -0.137. The van der Waals surface area contributed by atoms with E-state index in [1.807, 2.05) is 0 Å². The molecule has 0 bridgehead atoms. The van der Waals surface area contributed by atoms with Crippen LogP contribution in [0.5, 0.6) is 0 Å². The van der Waals surface area contributed by atoms with Crippen LogP contribution in [0.2, 0.25) is 0 Å². The second-order valence-corrected chi connectivity index (χ2v) is 8.13. The Labute approximate surface area is 162 Å². The average Bonchev–Trinajstić information content (AvgIpc) is 3.11. The maximum absolute atomic E-state index is 13.3. The number of ether oxygens (including phenoxy) is 1. The number of likely N-dealkylation sites (tertiary alicyclic amines) is 1. The normalized spacial score (nSPS) is 29.4. The molecule has 27 heavy (non-hydrogen) atoms. The van der Waals surface area contributed by atoms with Gasteiger partial charge < -0.3 is 9.64 Å². The van der Waals surface area contributed by atoms with Crippen molar-refractivity contribution in [2.45, 2.75) is 51.4 Å². The molecule has 0 saturated carbocycles. The molecule has 3 heterocycles. The van der Waals surface area contributed by atoms with Crippen LogP contribution in [0.1, 0.15) is 29.5 Å². The Morgan fingerprint density at radius 1 is 1.15 bits per heavy atom. The molecule has 0 aliphatic carbocycles. The first-order valence-electron chi connectivity index (χ1n) is 10.3. The van der Waals surface area contributed by atoms with Gasteiger partial charge in [0.25, 0.3) is 0 Å². The molecule has 1 amide bonds. The zero-order chi connectivity index (χ0) is 18.8. The summed E-state index contributed by atoms with van der Waals surface area (Å²) in [4.78, 5) is 17.9. The number of piperazine rings is 1. The predicted molar refractivity (Wildman–Crippen MR) is 105 cm³/mol. The zero-order valence-corrected chi connectivity index (χ0v) is 16.5. The molecule has 3 fully saturated rings. The van der Waals surface area contributed by atoms with Crippen molar-refractivity contribution in [2.75, 3.05) is 39.5 Å². The Balaban J connectivity index is 1.55. The summed E-state index contributed by atoms with van der Waals surface area (Å²) in [5.41, 5.74) is 3.62. The highest BCUT2D eigenvalue weighted by atomic mass is 16.5. The van der Waals surface area contributed by atoms with E-state index >= 15 is 0 Å². The minimum Gasteiger partial charge on any atom is -0.365 e. The average molecular weight is 373 g/mol. The first-order valence-corrected chi connectivity index (χ1v) is 10.3. The number of hydrogen-bond acceptors (Lipinski definition) is 5. The standard InChI is InChI=1S/C21H32N4O2/c1-15-5-6-17(11-16(15)2)12-19(26)25-10-7-22-21-20(25)18(13-27-14-23-21)24-8-3-4-9-24/h5-6,11,18,20-23H,3-4,7-10,12-14H2,1-2H3/t18-,20+,21?/m0/s1. The van der Waals surface area contributed by atoms with Crippen molar-refractivity contribution in [3.8, 4) is 0 Å². The Kier molecular flexibility index (Phi) is 5.78. The highest BCUT2D eigenvalue weighted by Crippen LogP contribution is 2.24. The summed E-state index contributed by atoms with van der Waals surface area (Å²) in [6.45, 7) is 9.24. The van der Waals surface area contributed by atoms with Gasteiger partial charge in [0.2, 0.25) is 5.91 Å². The van der Waals surface area contributed by atoms with E-state index in [2.05, 4.69) is 52.5 Å². The molecule has 1 aromatic rings. The third-order valence-electron chi connectivity index (χ3n) is 6.36. The van der Waals surface area contributed by atoms with E-state index in [4.69, 9.17) is 4.74 Å². The van der Waals surface area contributed by atoms with E-state index in [0.29, 0.717) is 19.8 Å². The van der Waals surface area contributed by atoms with Crippen LogP contribution in [0.25, 0.3) is 0 Å². The molecule has 3 saturated heterocycles. The lowest BCUT2D eigenvalue weighted by Gasteiger charge is -2.46. The molecular formula is C21H32N4O2. The van der Waals surface area contributed by atoms with Crippen molar-refractivity contribution in [3.63, 3.8) is 0 Å². The summed E-state index contributed by atoms with van der Waals surface area (Å²) >= 11 is 0. The number of rotatable bonds is 3. The molecule has 1 aromatic carbocycles. The van der Waals surface area contributed by atoms with E-state index in [0.717, 1.165) is 31.7 Å². The molecule has 3 aliphatic heterocycles. The van der Waals surface area contributed by atoms with Crippen molar-refractivity contribution in [1.29, 1.82) is 0 Å². The van der Waals surface area contributed by atoms with Crippen molar-refractivity contribution >= 4 is 5.91 Å². The molecule has 1 unspecified atom stereocenters. The van der Waals surface area contributed by atoms with Gasteiger partial charge in [-0.05, 0) is 56.5 Å². The van der Waals surface area contributed by atoms with Crippen LogP contribution < -0.4 is 10.6 Å². The lowest BCUT2D eigenvalue weighted by Crippen LogP contribution is -2.69. The highest BCUT2D eigenvalue weighted by Gasteiger charge is 2.43. The van der Waals surface area contributed by atoms with Gasteiger partial charge in [-0.25, -0.2) is 0 Å². The van der Waals surface area contributed by atoms with E-state index in [-0.39, 0.29) is 24.2 Å². The van der Waals surface area contributed by atoms with Crippen LogP contribution in [0, 0.1) is 13.8 Å². The van der Waals surface area contributed by atoms with Gasteiger partial charge in [0, 0.05) is 13.1 Å². The topological polar surface area (TPSA) is 56.8 Å². The number of nitrogens with one attached hydrogen (secondary N) is 2. The van der Waals surface area contributed by atoms with E-state index in [9.17, 15) is 4.79 Å². The maximum Gasteiger partial charge on any atom is 0.227 e. The molecule has 0 spiro atoms. The number of fused-ring (bicyclic) bond motifs is 1. The van der Waals surface area contributed by atoms with Crippen molar-refractivity contribution < 1.29 is 9.53 Å². The fourth-order valence-corrected chi connectivity index (χ4v) is 4.72. The minimum absolute atomic E-state index is 0.0931. The molecule has 3 atom stereocenters. The molecule has 6 heteroatoms. The summed E-state index contributed by atoms with van der Waals surface area (Å²) in [5, 5.41) is 7.02. The monoisotopic (exact) mass is 372 g/mol. The van der Waals surface area contributed by atoms with Gasteiger partial charge in [0.05, 0.1) is 38.0 Å². The van der Waals surface area contributed by atoms with Crippen molar-refractivity contribution in [2.24, 2.45) is 0 Å². The van der Waals surface area contributed by atoms with Gasteiger partial charge in [-0.1, -0.05) is 18.2 Å². The van der Waals surface area contributed by atoms with Crippen LogP contribution in [0.15, 0.2) is 18.2 Å². The van der Waals surface area contributed by atoms with Crippen molar-refractivity contribution in [1.82, 2.24) is 20.4 Å². The fourth-order valence-electron chi connectivity index (χ4n) is 4.72. The number of hydrogen-bond donors (Lipinski definition) is 2. The van der Waals surface area contributed by atoms with Crippen LogP contribution in [0.4, 0.5) is 0 Å². The Morgan fingerprint density at radius 2 is 1.96 bits per heavy atom. The van der Waals surface area contributed by atoms with Gasteiger partial charge in [0.15, 0.2) is 0 Å². The zero-order valence-electron chi connectivity index (χ0n) is 16.5. The molecule has 0 aromatic heterocycles. The number of amides is 1. The number of aryl methyl sites for hydroxylation is 2. The third-order valence-corrected chi connectivity index (χ3v) is 6.36. The molecular weight excluding hydrogens is 340 g/mol. The van der Waals surface area contributed by atoms with Crippen LogP contribution >= 0.6 is 0 Å². The molecule has 148 valence electrons. The molecule has 3 aliphatic rings. The quantitative estimate of drug-likeness (QED) is 0.830. The largest absolute Gasteiger partial charge is 0.365 e. The van der Waals surface area contributed by atoms with Crippen LogP contribution in [-0.2, 0) is 16.0 Å². The number of nitrogens with zero attached hydrogens (tertiary/aromatic N) is 2. The first kappa shape index (κ1) is 18.9. The summed E-state index contributed by atoms with van der Waals surface area (Å²) in [6.07, 6.45) is 3.05. The molecule has 2 N–H and O–H groups in total. The summed E-state index contributed by atoms with van der Waals surface area (Å²) in [6, 6.07) is 6.72. The minimum atomic E-state index is 0.0931. The smallest absolute Gasteiger partial charge is 0.227 e. The Bertz CT molecular complexity index is 674. The molecule has 6 nitrogen and oxygen atoms in total. The van der Waals surface area contributed by atoms with E-state index in [1.54, 1.807) is 0 Å². The Hall–Kier alpha value is -1.47. The van der Waals surface area contributed by atoms with Crippen LogP contribution in [-0.4, -0.2) is 73.5 Å². The van der Waals surface area contributed by atoms with Gasteiger partial charge in [-0.3, -0.25) is 20.3 Å².